The second-order valence-corrected chi connectivity index (χ2v) is 5.50. The van der Waals surface area contributed by atoms with Crippen LogP contribution in [0.2, 0.25) is 0 Å². The summed E-state index contributed by atoms with van der Waals surface area (Å²) in [5, 5.41) is 21.3. The molecule has 0 radical (unpaired) electrons. The first-order chi connectivity index (χ1) is 13.9. The van der Waals surface area contributed by atoms with E-state index in [1.165, 1.54) is 31.5 Å². The molecule has 3 N–H and O–H groups in total. The van der Waals surface area contributed by atoms with Gasteiger partial charge in [0, 0.05) is 5.56 Å². The van der Waals surface area contributed by atoms with Crippen molar-refractivity contribution in [2.75, 3.05) is 20.3 Å². The molecule has 10 heteroatoms. The lowest BCUT2D eigenvalue weighted by Gasteiger charge is -2.11. The van der Waals surface area contributed by atoms with E-state index in [1.807, 2.05) is 0 Å². The van der Waals surface area contributed by atoms with Crippen LogP contribution in [0.1, 0.15) is 15.9 Å². The Labute approximate surface area is 165 Å². The second kappa shape index (κ2) is 10.3. The Morgan fingerprint density at radius 2 is 1.59 bits per heavy atom. The van der Waals surface area contributed by atoms with E-state index in [2.05, 4.69) is 10.5 Å². The van der Waals surface area contributed by atoms with Crippen molar-refractivity contribution in [1.82, 2.24) is 5.43 Å². The third-order valence-electron chi connectivity index (χ3n) is 3.40. The van der Waals surface area contributed by atoms with Gasteiger partial charge in [0.15, 0.2) is 24.7 Å². The molecule has 1 amide bonds. The van der Waals surface area contributed by atoms with Crippen molar-refractivity contribution in [3.05, 3.63) is 53.6 Å². The Morgan fingerprint density at radius 3 is 2.17 bits per heavy atom. The number of rotatable bonds is 10. The standard InChI is InChI=1S/C19H18N2O8/c1-27-14-5-3-13(4-6-14)19(26)21-20-9-12-2-7-15(28-10-17(22)23)16(8-12)29-11-18(24)25/h2-9H,10-11H2,1H3,(H,21,26)(H,22,23)(H,24,25). The van der Waals surface area contributed by atoms with Gasteiger partial charge in [0.25, 0.3) is 5.91 Å². The summed E-state index contributed by atoms with van der Waals surface area (Å²) < 4.78 is 15.2. The lowest BCUT2D eigenvalue weighted by atomic mass is 10.2. The highest BCUT2D eigenvalue weighted by Gasteiger charge is 2.10. The van der Waals surface area contributed by atoms with E-state index in [-0.39, 0.29) is 11.5 Å². The van der Waals surface area contributed by atoms with Crippen LogP contribution < -0.4 is 19.6 Å². The van der Waals surface area contributed by atoms with E-state index in [0.717, 1.165) is 0 Å². The lowest BCUT2D eigenvalue weighted by Crippen LogP contribution is -2.17. The summed E-state index contributed by atoms with van der Waals surface area (Å²) in [5.41, 5.74) is 3.20. The molecule has 0 aromatic heterocycles. The fraction of sp³-hybridized carbons (Fsp3) is 0.158. The number of nitrogens with one attached hydrogen (secondary N) is 1. The number of hydrazone groups is 1. The zero-order valence-corrected chi connectivity index (χ0v) is 15.3. The second-order valence-electron chi connectivity index (χ2n) is 5.50. The van der Waals surface area contributed by atoms with Crippen molar-refractivity contribution < 1.29 is 38.8 Å². The first-order valence-electron chi connectivity index (χ1n) is 8.19. The van der Waals surface area contributed by atoms with Crippen LogP contribution in [-0.4, -0.2) is 54.6 Å². The van der Waals surface area contributed by atoms with Crippen LogP contribution in [-0.2, 0) is 9.59 Å². The van der Waals surface area contributed by atoms with Gasteiger partial charge >= 0.3 is 11.9 Å². The Kier molecular flexibility index (Phi) is 7.54. The maximum atomic E-state index is 12.1. The molecule has 0 saturated carbocycles. The number of nitrogens with zero attached hydrogens (tertiary/aromatic N) is 1. The maximum Gasteiger partial charge on any atom is 0.341 e. The van der Waals surface area contributed by atoms with Gasteiger partial charge in [-0.3, -0.25) is 4.79 Å². The third-order valence-corrected chi connectivity index (χ3v) is 3.40. The number of ether oxygens (including phenoxy) is 3. The molecule has 0 spiro atoms. The Hall–Kier alpha value is -4.08. The van der Waals surface area contributed by atoms with Gasteiger partial charge in [-0.1, -0.05) is 0 Å². The summed E-state index contributed by atoms with van der Waals surface area (Å²) in [6.07, 6.45) is 1.32. The van der Waals surface area contributed by atoms with Gasteiger partial charge in [-0.2, -0.15) is 5.10 Å². The predicted octanol–water partition coefficient (Wildman–Crippen LogP) is 1.39. The van der Waals surface area contributed by atoms with Gasteiger partial charge in [-0.25, -0.2) is 15.0 Å². The molecular weight excluding hydrogens is 384 g/mol. The van der Waals surface area contributed by atoms with Crippen molar-refractivity contribution in [3.8, 4) is 17.2 Å². The Balaban J connectivity index is 2.07. The molecule has 0 aliphatic rings. The number of hydrogen-bond donors (Lipinski definition) is 3. The molecule has 0 fully saturated rings. The van der Waals surface area contributed by atoms with Gasteiger partial charge in [0.2, 0.25) is 0 Å². The molecule has 0 bridgehead atoms. The van der Waals surface area contributed by atoms with E-state index in [0.29, 0.717) is 16.9 Å². The SMILES string of the molecule is COc1ccc(C(=O)NN=Cc2ccc(OCC(=O)O)c(OCC(=O)O)c2)cc1. The predicted molar refractivity (Wildman–Crippen MR) is 101 cm³/mol. The number of aliphatic carboxylic acids is 2. The lowest BCUT2D eigenvalue weighted by molar-refractivity contribution is -0.140. The van der Waals surface area contributed by atoms with Crippen molar-refractivity contribution in [1.29, 1.82) is 0 Å². The third kappa shape index (κ3) is 6.86. The number of carboxylic acid groups (broad SMARTS) is 2. The molecule has 0 unspecified atom stereocenters. The van der Waals surface area contributed by atoms with E-state index < -0.39 is 31.1 Å². The number of carbonyl (C=O) groups excluding carboxylic acids is 1. The first kappa shape index (κ1) is 21.2. The van der Waals surface area contributed by atoms with Gasteiger partial charge in [0.1, 0.15) is 5.75 Å². The number of carboxylic acids is 2. The van der Waals surface area contributed by atoms with Crippen LogP contribution in [0.25, 0.3) is 0 Å². The van der Waals surface area contributed by atoms with Crippen LogP contribution in [0.3, 0.4) is 0 Å². The number of methoxy groups -OCH3 is 1. The fourth-order valence-corrected chi connectivity index (χ4v) is 2.09. The fourth-order valence-electron chi connectivity index (χ4n) is 2.09. The topological polar surface area (TPSA) is 144 Å². The zero-order chi connectivity index (χ0) is 21.2. The first-order valence-corrected chi connectivity index (χ1v) is 8.19. The highest BCUT2D eigenvalue weighted by molar-refractivity contribution is 5.95. The van der Waals surface area contributed by atoms with Crippen LogP contribution in [0.15, 0.2) is 47.6 Å². The molecule has 0 heterocycles. The van der Waals surface area contributed by atoms with Crippen LogP contribution >= 0.6 is 0 Å². The van der Waals surface area contributed by atoms with Gasteiger partial charge in [-0.05, 0) is 48.0 Å². The molecule has 0 saturated heterocycles. The van der Waals surface area contributed by atoms with Crippen molar-refractivity contribution in [3.63, 3.8) is 0 Å². The molecule has 2 aromatic rings. The Bertz CT molecular complexity index is 909. The minimum atomic E-state index is -1.21. The van der Waals surface area contributed by atoms with Crippen molar-refractivity contribution >= 4 is 24.1 Å². The number of benzene rings is 2. The number of amides is 1. The molecule has 2 rings (SSSR count). The summed E-state index contributed by atoms with van der Waals surface area (Å²) in [4.78, 5) is 33.4. The summed E-state index contributed by atoms with van der Waals surface area (Å²) in [6.45, 7) is -1.26. The smallest absolute Gasteiger partial charge is 0.341 e. The highest BCUT2D eigenvalue weighted by Crippen LogP contribution is 2.28. The van der Waals surface area contributed by atoms with Gasteiger partial charge in [0.05, 0.1) is 13.3 Å². The van der Waals surface area contributed by atoms with E-state index in [1.54, 1.807) is 24.3 Å². The van der Waals surface area contributed by atoms with Gasteiger partial charge < -0.3 is 24.4 Å². The van der Waals surface area contributed by atoms with E-state index >= 15 is 0 Å². The molecule has 152 valence electrons. The summed E-state index contributed by atoms with van der Waals surface area (Å²) >= 11 is 0. The normalized spacial score (nSPS) is 10.4. The maximum absolute atomic E-state index is 12.1. The summed E-state index contributed by atoms with van der Waals surface area (Å²) in [7, 11) is 1.52. The average molecular weight is 402 g/mol. The summed E-state index contributed by atoms with van der Waals surface area (Å²) in [6, 6.07) is 10.8. The molecular formula is C19H18N2O8. The minimum absolute atomic E-state index is 0.0269. The minimum Gasteiger partial charge on any atom is -0.497 e. The molecule has 0 aliphatic carbocycles. The van der Waals surface area contributed by atoms with Crippen LogP contribution in [0, 0.1) is 0 Å². The van der Waals surface area contributed by atoms with Crippen LogP contribution in [0.4, 0.5) is 0 Å². The number of carbonyl (C=O) groups is 3. The molecule has 29 heavy (non-hydrogen) atoms. The number of hydrogen-bond acceptors (Lipinski definition) is 7. The molecule has 0 aliphatic heterocycles. The van der Waals surface area contributed by atoms with Crippen molar-refractivity contribution in [2.24, 2.45) is 5.10 Å². The Morgan fingerprint density at radius 1 is 0.966 bits per heavy atom. The quantitative estimate of drug-likeness (QED) is 0.399. The van der Waals surface area contributed by atoms with E-state index in [4.69, 9.17) is 24.4 Å². The largest absolute Gasteiger partial charge is 0.497 e. The van der Waals surface area contributed by atoms with Crippen LogP contribution in [0.5, 0.6) is 17.2 Å². The monoisotopic (exact) mass is 402 g/mol. The van der Waals surface area contributed by atoms with E-state index in [9.17, 15) is 14.4 Å². The molecule has 10 nitrogen and oxygen atoms in total. The van der Waals surface area contributed by atoms with Crippen molar-refractivity contribution in [2.45, 2.75) is 0 Å². The molecule has 0 atom stereocenters. The molecule has 2 aromatic carbocycles. The van der Waals surface area contributed by atoms with Gasteiger partial charge in [-0.15, -0.1) is 0 Å². The zero-order valence-electron chi connectivity index (χ0n) is 15.3. The highest BCUT2D eigenvalue weighted by atomic mass is 16.5. The summed E-state index contributed by atoms with van der Waals surface area (Å²) in [5.74, 6) is -2.13. The average Bonchev–Trinajstić information content (AvgIpc) is 2.71.